The van der Waals surface area contributed by atoms with Crippen molar-refractivity contribution in [1.82, 2.24) is 0 Å². The number of nitrogens with zero attached hydrogens (tertiary/aromatic N) is 2. The van der Waals surface area contributed by atoms with Crippen molar-refractivity contribution in [3.05, 3.63) is 45.8 Å². The number of aliphatic imine (C=N–C) groups is 2. The molecule has 1 aromatic carbocycles. The van der Waals surface area contributed by atoms with Crippen molar-refractivity contribution in [1.29, 1.82) is 0 Å². The van der Waals surface area contributed by atoms with Gasteiger partial charge in [0.15, 0.2) is 0 Å². The van der Waals surface area contributed by atoms with Gasteiger partial charge in [-0.1, -0.05) is 58.5 Å². The maximum atomic E-state index is 9.49. The summed E-state index contributed by atoms with van der Waals surface area (Å²) in [6.07, 6.45) is 7.39. The summed E-state index contributed by atoms with van der Waals surface area (Å²) in [4.78, 5) is 8.78. The van der Waals surface area contributed by atoms with Gasteiger partial charge < -0.3 is 5.11 Å². The highest BCUT2D eigenvalue weighted by Gasteiger charge is 2.45. The van der Waals surface area contributed by atoms with Crippen LogP contribution in [0.15, 0.2) is 39.8 Å². The molecule has 25 heavy (non-hydrogen) atoms. The van der Waals surface area contributed by atoms with Crippen molar-refractivity contribution in [3.63, 3.8) is 0 Å². The molecule has 1 saturated carbocycles. The Hall–Kier alpha value is -2.00. The van der Waals surface area contributed by atoms with E-state index in [1.54, 1.807) is 6.21 Å². The van der Waals surface area contributed by atoms with E-state index in [2.05, 4.69) is 61.6 Å². The Bertz CT molecular complexity index is 788. The SMILES string of the molecule is C=c1c(C(C)(C)C)ccc/c1=C/C\N=C/C=C(C)\C=N/C1C(C)C1O. The highest BCUT2D eigenvalue weighted by atomic mass is 16.3. The first kappa shape index (κ1) is 19.3. The highest BCUT2D eigenvalue weighted by Crippen LogP contribution is 2.33. The lowest BCUT2D eigenvalue weighted by Gasteiger charge is -2.19. The van der Waals surface area contributed by atoms with Gasteiger partial charge in [-0.15, -0.1) is 0 Å². The zero-order valence-electron chi connectivity index (χ0n) is 16.0. The molecule has 1 fully saturated rings. The van der Waals surface area contributed by atoms with Crippen LogP contribution in [0.4, 0.5) is 0 Å². The van der Waals surface area contributed by atoms with Gasteiger partial charge in [-0.05, 0) is 40.0 Å². The normalized spacial score (nSPS) is 25.3. The Morgan fingerprint density at radius 1 is 1.32 bits per heavy atom. The lowest BCUT2D eigenvalue weighted by molar-refractivity contribution is 0.259. The topological polar surface area (TPSA) is 45.0 Å². The molecule has 134 valence electrons. The molecule has 0 aliphatic heterocycles. The van der Waals surface area contributed by atoms with E-state index in [-0.39, 0.29) is 23.5 Å². The van der Waals surface area contributed by atoms with Crippen molar-refractivity contribution in [2.45, 2.75) is 52.2 Å². The fourth-order valence-electron chi connectivity index (χ4n) is 2.77. The quantitative estimate of drug-likeness (QED) is 0.824. The van der Waals surface area contributed by atoms with Crippen LogP contribution in [-0.2, 0) is 5.41 Å². The third-order valence-electron chi connectivity index (χ3n) is 4.62. The number of hydrogen-bond donors (Lipinski definition) is 1. The minimum atomic E-state index is -0.270. The molecule has 3 atom stereocenters. The second-order valence-electron chi connectivity index (χ2n) is 7.87. The molecule has 1 aliphatic carbocycles. The van der Waals surface area contributed by atoms with E-state index in [9.17, 15) is 5.11 Å². The minimum absolute atomic E-state index is 0.0687. The second-order valence-corrected chi connectivity index (χ2v) is 7.87. The highest BCUT2D eigenvalue weighted by molar-refractivity contribution is 5.86. The zero-order chi connectivity index (χ0) is 18.6. The molecule has 1 aromatic rings. The molecule has 1 N–H and O–H groups in total. The molecule has 0 saturated heterocycles. The molecular formula is C22H30N2O. The second kappa shape index (κ2) is 7.92. The molecule has 0 bridgehead atoms. The molecular weight excluding hydrogens is 308 g/mol. The van der Waals surface area contributed by atoms with Gasteiger partial charge in [0.05, 0.1) is 18.7 Å². The summed E-state index contributed by atoms with van der Waals surface area (Å²) in [7, 11) is 0. The number of aliphatic hydroxyl groups excluding tert-OH is 1. The van der Waals surface area contributed by atoms with E-state index >= 15 is 0 Å². The van der Waals surface area contributed by atoms with Crippen molar-refractivity contribution in [2.75, 3.05) is 6.54 Å². The van der Waals surface area contributed by atoms with Gasteiger partial charge in [-0.25, -0.2) is 0 Å². The summed E-state index contributed by atoms with van der Waals surface area (Å²) in [5.74, 6) is 0.285. The monoisotopic (exact) mass is 338 g/mol. The van der Waals surface area contributed by atoms with E-state index in [1.165, 1.54) is 5.56 Å². The van der Waals surface area contributed by atoms with Crippen LogP contribution in [0.1, 0.15) is 40.2 Å². The molecule has 0 amide bonds. The average Bonchev–Trinajstić information content (AvgIpc) is 3.11. The van der Waals surface area contributed by atoms with Gasteiger partial charge in [0.2, 0.25) is 0 Å². The fourth-order valence-corrected chi connectivity index (χ4v) is 2.77. The van der Waals surface area contributed by atoms with Gasteiger partial charge in [0, 0.05) is 18.3 Å². The molecule has 2 rings (SSSR count). The minimum Gasteiger partial charge on any atom is -0.391 e. The summed E-state index contributed by atoms with van der Waals surface area (Å²) in [5, 5.41) is 11.7. The van der Waals surface area contributed by atoms with Gasteiger partial charge >= 0.3 is 0 Å². The van der Waals surface area contributed by atoms with E-state index < -0.39 is 0 Å². The molecule has 3 nitrogen and oxygen atoms in total. The first-order valence-corrected chi connectivity index (χ1v) is 8.88. The Labute approximate surface area is 151 Å². The molecule has 0 aromatic heterocycles. The number of aliphatic hydroxyl groups is 1. The Morgan fingerprint density at radius 2 is 2.00 bits per heavy atom. The summed E-state index contributed by atoms with van der Waals surface area (Å²) in [6, 6.07) is 6.38. The van der Waals surface area contributed by atoms with Crippen molar-refractivity contribution in [2.24, 2.45) is 15.9 Å². The lowest BCUT2D eigenvalue weighted by atomic mass is 9.85. The van der Waals surface area contributed by atoms with Crippen LogP contribution in [0.3, 0.4) is 0 Å². The van der Waals surface area contributed by atoms with E-state index in [0.717, 1.165) is 16.0 Å². The molecule has 3 unspecified atom stereocenters. The van der Waals surface area contributed by atoms with Crippen LogP contribution < -0.4 is 10.4 Å². The summed E-state index contributed by atoms with van der Waals surface area (Å²) >= 11 is 0. The molecule has 1 aliphatic rings. The third kappa shape index (κ3) is 5.23. The van der Waals surface area contributed by atoms with Crippen LogP contribution >= 0.6 is 0 Å². The number of hydrogen-bond acceptors (Lipinski definition) is 3. The number of rotatable bonds is 5. The molecule has 0 radical (unpaired) electrons. The lowest BCUT2D eigenvalue weighted by Crippen LogP contribution is -2.33. The first-order chi connectivity index (χ1) is 11.7. The van der Waals surface area contributed by atoms with Gasteiger partial charge in [0.1, 0.15) is 0 Å². The largest absolute Gasteiger partial charge is 0.391 e. The number of allylic oxidation sites excluding steroid dienone is 2. The smallest absolute Gasteiger partial charge is 0.0814 e. The van der Waals surface area contributed by atoms with Gasteiger partial charge in [-0.3, -0.25) is 9.98 Å². The maximum Gasteiger partial charge on any atom is 0.0814 e. The Kier molecular flexibility index (Phi) is 6.12. The van der Waals surface area contributed by atoms with Crippen molar-refractivity contribution in [3.8, 4) is 0 Å². The van der Waals surface area contributed by atoms with Crippen LogP contribution in [0, 0.1) is 5.92 Å². The van der Waals surface area contributed by atoms with Crippen LogP contribution in [0.5, 0.6) is 0 Å². The van der Waals surface area contributed by atoms with Crippen molar-refractivity contribution < 1.29 is 5.11 Å². The predicted molar refractivity (Wildman–Crippen MR) is 109 cm³/mol. The van der Waals surface area contributed by atoms with Crippen LogP contribution in [0.2, 0.25) is 0 Å². The third-order valence-corrected chi connectivity index (χ3v) is 4.62. The van der Waals surface area contributed by atoms with Gasteiger partial charge in [0.25, 0.3) is 0 Å². The van der Waals surface area contributed by atoms with Crippen LogP contribution in [-0.4, -0.2) is 36.2 Å². The average molecular weight is 338 g/mol. The summed E-state index contributed by atoms with van der Waals surface area (Å²) in [6.45, 7) is 15.5. The first-order valence-electron chi connectivity index (χ1n) is 8.88. The van der Waals surface area contributed by atoms with Crippen LogP contribution in [0.25, 0.3) is 12.7 Å². The molecule has 3 heteroatoms. The van der Waals surface area contributed by atoms with E-state index in [0.29, 0.717) is 6.54 Å². The van der Waals surface area contributed by atoms with Gasteiger partial charge in [-0.2, -0.15) is 0 Å². The maximum absolute atomic E-state index is 9.49. The zero-order valence-corrected chi connectivity index (χ0v) is 16.0. The van der Waals surface area contributed by atoms with Crippen molar-refractivity contribution >= 4 is 25.1 Å². The predicted octanol–water partition coefficient (Wildman–Crippen LogP) is 2.64. The summed E-state index contributed by atoms with van der Waals surface area (Å²) in [5.41, 5.74) is 2.40. The molecule has 0 heterocycles. The standard InChI is InChI=1S/C22H30N2O/c1-15(14-24-20-17(3)21(20)25)10-12-23-13-11-18-8-7-9-19(16(18)2)22(4,5)6/h7-12,14,17,20-21,25H,2,13H2,1,3-6H3/b15-10-,18-11-,23-12-,24-14-. The number of benzene rings is 1. The Morgan fingerprint density at radius 3 is 2.60 bits per heavy atom. The summed E-state index contributed by atoms with van der Waals surface area (Å²) < 4.78 is 0. The van der Waals surface area contributed by atoms with E-state index in [4.69, 9.17) is 0 Å². The molecule has 0 spiro atoms. The Balaban J connectivity index is 1.98. The fraction of sp³-hybridized carbons (Fsp3) is 0.455. The van der Waals surface area contributed by atoms with E-state index in [1.807, 2.05) is 26.1 Å².